The van der Waals surface area contributed by atoms with E-state index in [4.69, 9.17) is 0 Å². The monoisotopic (exact) mass is 338 g/mol. The van der Waals surface area contributed by atoms with Gasteiger partial charge in [-0.15, -0.1) is 0 Å². The Bertz CT molecular complexity index is 800. The van der Waals surface area contributed by atoms with Crippen LogP contribution in [-0.2, 0) is 24.3 Å². The van der Waals surface area contributed by atoms with Crippen molar-refractivity contribution in [2.24, 2.45) is 5.92 Å². The Kier molecular flexibility index (Phi) is 4.79. The molecule has 6 heteroatoms. The van der Waals surface area contributed by atoms with E-state index in [0.717, 1.165) is 23.5 Å². The Morgan fingerprint density at radius 1 is 1.20 bits per heavy atom. The summed E-state index contributed by atoms with van der Waals surface area (Å²) < 4.78 is 0. The van der Waals surface area contributed by atoms with Crippen molar-refractivity contribution in [3.63, 3.8) is 0 Å². The average Bonchev–Trinajstić information content (AvgIpc) is 2.97. The van der Waals surface area contributed by atoms with Crippen molar-refractivity contribution in [2.75, 3.05) is 5.32 Å². The van der Waals surface area contributed by atoms with Crippen LogP contribution in [-0.4, -0.2) is 26.7 Å². The van der Waals surface area contributed by atoms with Gasteiger partial charge in [-0.1, -0.05) is 13.8 Å². The van der Waals surface area contributed by atoms with Gasteiger partial charge in [0, 0.05) is 42.9 Å². The van der Waals surface area contributed by atoms with Crippen LogP contribution in [0.15, 0.2) is 30.5 Å². The fourth-order valence-electron chi connectivity index (χ4n) is 2.88. The van der Waals surface area contributed by atoms with Crippen molar-refractivity contribution >= 4 is 17.5 Å². The summed E-state index contributed by atoms with van der Waals surface area (Å²) in [6, 6.07) is 6.93. The highest BCUT2D eigenvalue weighted by Gasteiger charge is 2.26. The minimum absolute atomic E-state index is 0.0437. The van der Waals surface area contributed by atoms with Gasteiger partial charge in [-0.05, 0) is 30.2 Å². The van der Waals surface area contributed by atoms with Crippen LogP contribution in [0, 0.1) is 5.92 Å². The highest BCUT2D eigenvalue weighted by Crippen LogP contribution is 2.23. The minimum Gasteiger partial charge on any atom is -0.328 e. The summed E-state index contributed by atoms with van der Waals surface area (Å²) in [7, 11) is 0. The maximum Gasteiger partial charge on any atom is 0.254 e. The topological polar surface area (TPSA) is 75.2 Å². The van der Waals surface area contributed by atoms with Gasteiger partial charge in [-0.25, -0.2) is 9.97 Å². The first-order valence-electron chi connectivity index (χ1n) is 8.43. The van der Waals surface area contributed by atoms with E-state index in [1.54, 1.807) is 29.2 Å². The molecule has 0 spiro atoms. The van der Waals surface area contributed by atoms with E-state index in [2.05, 4.69) is 29.1 Å². The molecule has 6 nitrogen and oxygen atoms in total. The number of carbonyl (C=O) groups excluding carboxylic acids is 2. The second-order valence-corrected chi connectivity index (χ2v) is 6.78. The fourth-order valence-corrected chi connectivity index (χ4v) is 2.88. The molecule has 0 bridgehead atoms. The van der Waals surface area contributed by atoms with Gasteiger partial charge in [-0.2, -0.15) is 0 Å². The summed E-state index contributed by atoms with van der Waals surface area (Å²) in [6.45, 7) is 6.77. The lowest BCUT2D eigenvalue weighted by Gasteiger charge is -2.15. The largest absolute Gasteiger partial charge is 0.328 e. The number of aromatic nitrogens is 2. The van der Waals surface area contributed by atoms with Crippen molar-refractivity contribution < 1.29 is 9.59 Å². The van der Waals surface area contributed by atoms with Crippen LogP contribution >= 0.6 is 0 Å². The molecule has 2 aromatic rings. The second kappa shape index (κ2) is 7.01. The molecule has 1 aliphatic heterocycles. The highest BCUT2D eigenvalue weighted by molar-refractivity contribution is 5.95. The fraction of sp³-hybridized carbons (Fsp3) is 0.368. The van der Waals surface area contributed by atoms with Gasteiger partial charge >= 0.3 is 0 Å². The van der Waals surface area contributed by atoms with Crippen LogP contribution in [0.1, 0.15) is 48.2 Å². The van der Waals surface area contributed by atoms with Crippen LogP contribution < -0.4 is 5.32 Å². The molecule has 1 aromatic heterocycles. The van der Waals surface area contributed by atoms with Crippen molar-refractivity contribution in [3.05, 3.63) is 53.1 Å². The lowest BCUT2D eigenvalue weighted by atomic mass is 10.1. The first-order valence-corrected chi connectivity index (χ1v) is 8.43. The molecule has 0 unspecified atom stereocenters. The summed E-state index contributed by atoms with van der Waals surface area (Å²) in [6.07, 6.45) is 2.68. The Morgan fingerprint density at radius 3 is 2.56 bits per heavy atom. The summed E-state index contributed by atoms with van der Waals surface area (Å²) in [5.74, 6) is 1.16. The molecule has 0 atom stereocenters. The molecule has 0 radical (unpaired) electrons. The first kappa shape index (κ1) is 17.1. The maximum absolute atomic E-state index is 12.7. The number of nitrogens with zero attached hydrogens (tertiary/aromatic N) is 3. The molecule has 2 heterocycles. The van der Waals surface area contributed by atoms with Gasteiger partial charge in [0.25, 0.3) is 5.91 Å². The van der Waals surface area contributed by atoms with Crippen molar-refractivity contribution in [1.29, 1.82) is 0 Å². The van der Waals surface area contributed by atoms with Gasteiger partial charge < -0.3 is 10.2 Å². The molecule has 2 amide bonds. The second-order valence-electron chi connectivity index (χ2n) is 6.78. The normalized spacial score (nSPS) is 13.0. The zero-order chi connectivity index (χ0) is 18.0. The molecule has 0 saturated heterocycles. The van der Waals surface area contributed by atoms with Gasteiger partial charge in [-0.3, -0.25) is 9.59 Å². The summed E-state index contributed by atoms with van der Waals surface area (Å²) in [5.41, 5.74) is 3.22. The van der Waals surface area contributed by atoms with Crippen LogP contribution in [0.5, 0.6) is 0 Å². The summed E-state index contributed by atoms with van der Waals surface area (Å²) in [5, 5.41) is 2.69. The number of benzene rings is 1. The number of hydrogen-bond acceptors (Lipinski definition) is 4. The lowest BCUT2D eigenvalue weighted by molar-refractivity contribution is -0.114. The Labute approximate surface area is 147 Å². The van der Waals surface area contributed by atoms with E-state index >= 15 is 0 Å². The Hall–Kier alpha value is -2.76. The standard InChI is InChI=1S/C19H22N4O2/c1-12(2)8-18-20-9-15-10-23(11-17(15)22-18)19(25)14-4-6-16(7-5-14)21-13(3)24/h4-7,9,12H,8,10-11H2,1-3H3,(H,21,24). The van der Waals surface area contributed by atoms with E-state index in [-0.39, 0.29) is 11.8 Å². The number of amides is 2. The van der Waals surface area contributed by atoms with Crippen LogP contribution in [0.4, 0.5) is 5.69 Å². The third-order valence-electron chi connectivity index (χ3n) is 4.04. The van der Waals surface area contributed by atoms with E-state index in [9.17, 15) is 9.59 Å². The number of nitrogens with one attached hydrogen (secondary N) is 1. The molecular formula is C19H22N4O2. The molecule has 1 N–H and O–H groups in total. The highest BCUT2D eigenvalue weighted by atomic mass is 16.2. The molecular weight excluding hydrogens is 316 g/mol. The average molecular weight is 338 g/mol. The predicted molar refractivity (Wildman–Crippen MR) is 94.9 cm³/mol. The minimum atomic E-state index is -0.134. The summed E-state index contributed by atoms with van der Waals surface area (Å²) >= 11 is 0. The van der Waals surface area contributed by atoms with E-state index in [0.29, 0.717) is 30.3 Å². The van der Waals surface area contributed by atoms with E-state index in [1.165, 1.54) is 6.92 Å². The first-order chi connectivity index (χ1) is 11.9. The third-order valence-corrected chi connectivity index (χ3v) is 4.04. The predicted octanol–water partition coefficient (Wildman–Crippen LogP) is 2.79. The quantitative estimate of drug-likeness (QED) is 0.930. The molecule has 130 valence electrons. The van der Waals surface area contributed by atoms with E-state index < -0.39 is 0 Å². The molecule has 25 heavy (non-hydrogen) atoms. The van der Waals surface area contributed by atoms with Gasteiger partial charge in [0.2, 0.25) is 5.91 Å². The number of anilines is 1. The van der Waals surface area contributed by atoms with Crippen molar-refractivity contribution in [2.45, 2.75) is 40.3 Å². The molecule has 1 aromatic carbocycles. The number of rotatable bonds is 4. The van der Waals surface area contributed by atoms with E-state index in [1.807, 2.05) is 6.20 Å². The number of hydrogen-bond donors (Lipinski definition) is 1. The van der Waals surface area contributed by atoms with Gasteiger partial charge in [0.05, 0.1) is 12.2 Å². The molecule has 0 aliphatic carbocycles. The zero-order valence-electron chi connectivity index (χ0n) is 14.7. The maximum atomic E-state index is 12.7. The van der Waals surface area contributed by atoms with Gasteiger partial charge in [0.1, 0.15) is 5.82 Å². The van der Waals surface area contributed by atoms with Crippen LogP contribution in [0.2, 0.25) is 0 Å². The molecule has 0 fully saturated rings. The van der Waals surface area contributed by atoms with Crippen molar-refractivity contribution in [1.82, 2.24) is 14.9 Å². The lowest BCUT2D eigenvalue weighted by Crippen LogP contribution is -2.25. The molecule has 1 aliphatic rings. The molecule has 3 rings (SSSR count). The smallest absolute Gasteiger partial charge is 0.254 e. The number of carbonyl (C=O) groups is 2. The third kappa shape index (κ3) is 4.02. The van der Waals surface area contributed by atoms with Gasteiger partial charge in [0.15, 0.2) is 0 Å². The Morgan fingerprint density at radius 2 is 1.92 bits per heavy atom. The SMILES string of the molecule is CC(=O)Nc1ccc(C(=O)N2Cc3cnc(CC(C)C)nc3C2)cc1. The van der Waals surface area contributed by atoms with Crippen LogP contribution in [0.3, 0.4) is 0 Å². The number of fused-ring (bicyclic) bond motifs is 1. The Balaban J connectivity index is 1.70. The molecule has 0 saturated carbocycles. The summed E-state index contributed by atoms with van der Waals surface area (Å²) in [4.78, 5) is 34.6. The van der Waals surface area contributed by atoms with Crippen molar-refractivity contribution in [3.8, 4) is 0 Å². The zero-order valence-corrected chi connectivity index (χ0v) is 14.7. The van der Waals surface area contributed by atoms with Crippen LogP contribution in [0.25, 0.3) is 0 Å².